The van der Waals surface area contributed by atoms with Crippen LogP contribution in [0.4, 0.5) is 17.6 Å². The number of halogens is 4. The first-order valence-electron chi connectivity index (χ1n) is 12.4. The van der Waals surface area contributed by atoms with Crippen molar-refractivity contribution in [2.24, 2.45) is 5.41 Å². The molecule has 4 fully saturated rings. The number of alkyl halides is 2. The molecular formula is C26H25F4N5O3. The van der Waals surface area contributed by atoms with Crippen LogP contribution in [0.5, 0.6) is 5.75 Å². The van der Waals surface area contributed by atoms with Crippen molar-refractivity contribution in [3.63, 3.8) is 0 Å². The van der Waals surface area contributed by atoms with Gasteiger partial charge in [0, 0.05) is 23.1 Å². The fourth-order valence-corrected chi connectivity index (χ4v) is 6.08. The number of ether oxygens (including phenoxy) is 1. The molecule has 4 aliphatic rings. The predicted octanol–water partition coefficient (Wildman–Crippen LogP) is 3.25. The molecule has 0 aliphatic heterocycles. The van der Waals surface area contributed by atoms with Crippen LogP contribution < -0.4 is 10.1 Å². The Kier molecular flexibility index (Phi) is 5.53. The van der Waals surface area contributed by atoms with Gasteiger partial charge >= 0.3 is 0 Å². The third kappa shape index (κ3) is 3.84. The Morgan fingerprint density at radius 3 is 2.45 bits per heavy atom. The molecule has 38 heavy (non-hydrogen) atoms. The van der Waals surface area contributed by atoms with E-state index in [-0.39, 0.29) is 37.8 Å². The molecule has 1 atom stereocenters. The zero-order chi connectivity index (χ0) is 26.8. The van der Waals surface area contributed by atoms with Gasteiger partial charge in [-0.25, -0.2) is 22.2 Å². The van der Waals surface area contributed by atoms with E-state index in [0.29, 0.717) is 11.8 Å². The monoisotopic (exact) mass is 531 g/mol. The molecule has 3 aromatic rings. The molecule has 1 aromatic heterocycles. The van der Waals surface area contributed by atoms with Crippen molar-refractivity contribution in [2.45, 2.75) is 61.6 Å². The van der Waals surface area contributed by atoms with E-state index in [2.05, 4.69) is 20.8 Å². The largest absolute Gasteiger partial charge is 0.484 e. The molecule has 12 heteroatoms. The molecule has 0 saturated heterocycles. The fraction of sp³-hybridized carbons (Fsp3) is 0.462. The Balaban J connectivity index is 1.19. The summed E-state index contributed by atoms with van der Waals surface area (Å²) in [7, 11) is 0. The predicted molar refractivity (Wildman–Crippen MR) is 124 cm³/mol. The summed E-state index contributed by atoms with van der Waals surface area (Å²) in [5.74, 6) is -5.70. The van der Waals surface area contributed by atoms with Gasteiger partial charge < -0.3 is 15.2 Å². The van der Waals surface area contributed by atoms with E-state index in [1.54, 1.807) is 24.3 Å². The van der Waals surface area contributed by atoms with Crippen molar-refractivity contribution in [2.75, 3.05) is 6.61 Å². The number of aliphatic hydroxyl groups is 1. The lowest BCUT2D eigenvalue weighted by atomic mass is 9.30. The van der Waals surface area contributed by atoms with Crippen LogP contribution in [0.1, 0.15) is 43.2 Å². The first-order chi connectivity index (χ1) is 18.1. The number of tetrazole rings is 1. The fourth-order valence-electron chi connectivity index (χ4n) is 6.08. The summed E-state index contributed by atoms with van der Waals surface area (Å²) in [6, 6.07) is 9.38. The molecule has 2 aromatic carbocycles. The van der Waals surface area contributed by atoms with E-state index in [1.807, 2.05) is 0 Å². The minimum absolute atomic E-state index is 0.0811. The molecule has 1 amide bonds. The van der Waals surface area contributed by atoms with E-state index in [1.165, 1.54) is 0 Å². The van der Waals surface area contributed by atoms with Crippen molar-refractivity contribution < 1.29 is 32.2 Å². The van der Waals surface area contributed by atoms with Gasteiger partial charge in [0.2, 0.25) is 0 Å². The van der Waals surface area contributed by atoms with Crippen LogP contribution in [0, 0.1) is 17.0 Å². The summed E-state index contributed by atoms with van der Waals surface area (Å²) in [6.07, 6.45) is 3.26. The van der Waals surface area contributed by atoms with Crippen LogP contribution in [0.3, 0.4) is 0 Å². The van der Waals surface area contributed by atoms with Gasteiger partial charge in [0.15, 0.2) is 12.2 Å². The van der Waals surface area contributed by atoms with Crippen LogP contribution in [0.15, 0.2) is 48.8 Å². The Labute approximate surface area is 215 Å². The third-order valence-corrected chi connectivity index (χ3v) is 8.15. The van der Waals surface area contributed by atoms with Gasteiger partial charge in [0.05, 0.1) is 6.54 Å². The maximum Gasteiger partial charge on any atom is 0.287 e. The first kappa shape index (κ1) is 24.8. The molecule has 2 N–H and O–H groups in total. The average molecular weight is 532 g/mol. The number of hydrogen-bond donors (Lipinski definition) is 2. The lowest BCUT2D eigenvalue weighted by Gasteiger charge is -2.74. The van der Waals surface area contributed by atoms with Crippen molar-refractivity contribution in [3.8, 4) is 5.75 Å². The molecule has 0 spiro atoms. The molecule has 4 aliphatic carbocycles. The van der Waals surface area contributed by atoms with Crippen LogP contribution in [-0.2, 0) is 22.4 Å². The molecule has 1 unspecified atom stereocenters. The number of hydrogen-bond acceptors (Lipinski definition) is 6. The Bertz CT molecular complexity index is 1340. The second-order valence-corrected chi connectivity index (χ2v) is 10.8. The zero-order valence-corrected chi connectivity index (χ0v) is 20.2. The molecule has 7 rings (SSSR count). The Morgan fingerprint density at radius 2 is 1.84 bits per heavy atom. The van der Waals surface area contributed by atoms with E-state index in [4.69, 9.17) is 4.74 Å². The summed E-state index contributed by atoms with van der Waals surface area (Å²) in [4.78, 5) is 11.8. The number of benzene rings is 2. The normalized spacial score (nSPS) is 25.6. The van der Waals surface area contributed by atoms with Gasteiger partial charge in [-0.3, -0.25) is 4.79 Å². The van der Waals surface area contributed by atoms with Crippen molar-refractivity contribution >= 4 is 5.91 Å². The lowest BCUT2D eigenvalue weighted by Crippen LogP contribution is -2.76. The smallest absolute Gasteiger partial charge is 0.287 e. The Hall–Kier alpha value is -3.54. The topological polar surface area (TPSA) is 102 Å². The van der Waals surface area contributed by atoms with E-state index in [9.17, 15) is 18.7 Å². The minimum atomic E-state index is -3.79. The summed E-state index contributed by atoms with van der Waals surface area (Å²) >= 11 is 0. The van der Waals surface area contributed by atoms with E-state index < -0.39 is 46.1 Å². The average Bonchev–Trinajstić information content (AvgIpc) is 3.48. The van der Waals surface area contributed by atoms with Crippen LogP contribution >= 0.6 is 0 Å². The SMILES string of the molecule is O=C(COc1ccc(C23CC(C(F)(F)C(O)(Cn4cnnn4)c4ccc(F)cc4F)(C2)C3)cc1)NC1CC1. The number of nitrogens with zero attached hydrogens (tertiary/aromatic N) is 4. The molecule has 4 saturated carbocycles. The van der Waals surface area contributed by atoms with Gasteiger partial charge in [0.1, 0.15) is 23.7 Å². The number of aromatic nitrogens is 4. The zero-order valence-electron chi connectivity index (χ0n) is 20.2. The second-order valence-electron chi connectivity index (χ2n) is 10.8. The van der Waals surface area contributed by atoms with Gasteiger partial charge in [0.25, 0.3) is 11.8 Å². The molecule has 8 nitrogen and oxygen atoms in total. The van der Waals surface area contributed by atoms with Gasteiger partial charge in [-0.05, 0) is 77.8 Å². The molecule has 2 bridgehead atoms. The highest BCUT2D eigenvalue weighted by Gasteiger charge is 2.82. The summed E-state index contributed by atoms with van der Waals surface area (Å²) in [5, 5.41) is 24.7. The number of carbonyl (C=O) groups is 1. The summed E-state index contributed by atoms with van der Waals surface area (Å²) in [5.41, 5.74) is -4.96. The number of carbonyl (C=O) groups excluding carboxylic acids is 1. The molecule has 1 heterocycles. The third-order valence-electron chi connectivity index (χ3n) is 8.15. The molecular weight excluding hydrogens is 506 g/mol. The van der Waals surface area contributed by atoms with Crippen LogP contribution in [0.2, 0.25) is 0 Å². The van der Waals surface area contributed by atoms with Crippen LogP contribution in [0.25, 0.3) is 0 Å². The highest BCUT2D eigenvalue weighted by molar-refractivity contribution is 5.78. The summed E-state index contributed by atoms with van der Waals surface area (Å²) in [6.45, 7) is -0.916. The highest BCUT2D eigenvalue weighted by atomic mass is 19.3. The van der Waals surface area contributed by atoms with Gasteiger partial charge in [-0.1, -0.05) is 12.1 Å². The van der Waals surface area contributed by atoms with Crippen molar-refractivity contribution in [1.82, 2.24) is 25.5 Å². The molecule has 200 valence electrons. The Morgan fingerprint density at radius 1 is 1.13 bits per heavy atom. The first-order valence-corrected chi connectivity index (χ1v) is 12.4. The molecule has 0 radical (unpaired) electrons. The van der Waals surface area contributed by atoms with Gasteiger partial charge in [-0.15, -0.1) is 5.10 Å². The number of rotatable bonds is 10. The van der Waals surface area contributed by atoms with E-state index >= 15 is 8.78 Å². The van der Waals surface area contributed by atoms with Crippen molar-refractivity contribution in [3.05, 3.63) is 71.6 Å². The maximum absolute atomic E-state index is 16.3. The minimum Gasteiger partial charge on any atom is -0.484 e. The van der Waals surface area contributed by atoms with E-state index in [0.717, 1.165) is 41.5 Å². The lowest BCUT2D eigenvalue weighted by molar-refractivity contribution is -0.347. The number of amides is 1. The standard InChI is InChI=1S/C26H25F4N5O3/c27-17-3-8-20(21(28)9-17)25(37,14-35-15-31-33-34-35)26(29,30)24-11-23(12-24,13-24)16-1-6-19(7-2-16)38-10-22(36)32-18-4-5-18/h1-3,6-9,15,18,37H,4-5,10-14H2,(H,32,36). The maximum atomic E-state index is 16.3. The number of nitrogens with one attached hydrogen (secondary N) is 1. The second kappa shape index (κ2) is 8.48. The summed E-state index contributed by atoms with van der Waals surface area (Å²) < 4.78 is 67.3. The highest BCUT2D eigenvalue weighted by Crippen LogP contribution is 2.80. The van der Waals surface area contributed by atoms with Crippen molar-refractivity contribution in [1.29, 1.82) is 0 Å². The quantitative estimate of drug-likeness (QED) is 0.390. The van der Waals surface area contributed by atoms with Gasteiger partial charge in [-0.2, -0.15) is 0 Å². The van der Waals surface area contributed by atoms with Crippen LogP contribution in [-0.4, -0.2) is 49.8 Å².